The van der Waals surface area contributed by atoms with Gasteiger partial charge in [-0.2, -0.15) is 0 Å². The van der Waals surface area contributed by atoms with E-state index in [0.29, 0.717) is 0 Å². The van der Waals surface area contributed by atoms with Crippen molar-refractivity contribution in [2.45, 2.75) is 19.5 Å². The molecule has 2 aromatic carbocycles. The van der Waals surface area contributed by atoms with Crippen molar-refractivity contribution in [3.8, 4) is 0 Å². The lowest BCUT2D eigenvalue weighted by Crippen LogP contribution is -2.19. The van der Waals surface area contributed by atoms with E-state index in [2.05, 4.69) is 58.7 Å². The third-order valence-corrected chi connectivity index (χ3v) is 3.80. The minimum Gasteiger partial charge on any atom is -0.367 e. The van der Waals surface area contributed by atoms with Gasteiger partial charge in [-0.25, -0.2) is 0 Å². The minimum absolute atomic E-state index is 0.961. The molecule has 0 bridgehead atoms. The Morgan fingerprint density at radius 3 is 2.68 bits per heavy atom. The highest BCUT2D eigenvalue weighted by molar-refractivity contribution is 5.61. The highest BCUT2D eigenvalue weighted by atomic mass is 15.1. The van der Waals surface area contributed by atoms with Gasteiger partial charge in [0.05, 0.1) is 0 Å². The van der Waals surface area contributed by atoms with Crippen LogP contribution >= 0.6 is 0 Å². The predicted octanol–water partition coefficient (Wildman–Crippen LogP) is 2.97. The second kappa shape index (κ2) is 5.45. The molecule has 3 rings (SSSR count). The Morgan fingerprint density at radius 2 is 1.89 bits per heavy atom. The smallest absolute Gasteiger partial charge is 0.0429 e. The zero-order valence-corrected chi connectivity index (χ0v) is 11.4. The van der Waals surface area contributed by atoms with Gasteiger partial charge in [0.2, 0.25) is 0 Å². The number of benzene rings is 2. The molecule has 0 aromatic heterocycles. The van der Waals surface area contributed by atoms with Gasteiger partial charge in [-0.3, -0.25) is 0 Å². The summed E-state index contributed by atoms with van der Waals surface area (Å²) in [6, 6.07) is 17.4. The van der Waals surface area contributed by atoms with E-state index >= 15 is 0 Å². The average Bonchev–Trinajstić information content (AvgIpc) is 2.85. The van der Waals surface area contributed by atoms with Crippen LogP contribution in [-0.4, -0.2) is 13.6 Å². The molecule has 0 aliphatic carbocycles. The summed E-state index contributed by atoms with van der Waals surface area (Å²) in [6.07, 6.45) is 1.17. The molecule has 2 nitrogen and oxygen atoms in total. The van der Waals surface area contributed by atoms with E-state index in [9.17, 15) is 0 Å². The molecule has 0 radical (unpaired) electrons. The predicted molar refractivity (Wildman–Crippen MR) is 80.4 cm³/mol. The van der Waals surface area contributed by atoms with Gasteiger partial charge in [0.1, 0.15) is 0 Å². The summed E-state index contributed by atoms with van der Waals surface area (Å²) >= 11 is 0. The molecular formula is C17H20N2. The molecule has 0 amide bonds. The Balaban J connectivity index is 1.84. The largest absolute Gasteiger partial charge is 0.367 e. The molecule has 19 heavy (non-hydrogen) atoms. The van der Waals surface area contributed by atoms with E-state index in [1.165, 1.54) is 28.8 Å². The van der Waals surface area contributed by atoms with Gasteiger partial charge < -0.3 is 10.2 Å². The van der Waals surface area contributed by atoms with E-state index in [4.69, 9.17) is 0 Å². The van der Waals surface area contributed by atoms with Crippen molar-refractivity contribution in [1.82, 2.24) is 5.32 Å². The Kier molecular flexibility index (Phi) is 3.51. The molecule has 1 N–H and O–H groups in total. The molecule has 0 fully saturated rings. The zero-order chi connectivity index (χ0) is 13.1. The lowest BCUT2D eigenvalue weighted by atomic mass is 10.1. The van der Waals surface area contributed by atoms with E-state index in [0.717, 1.165) is 19.6 Å². The topological polar surface area (TPSA) is 15.3 Å². The maximum absolute atomic E-state index is 3.26. The quantitative estimate of drug-likeness (QED) is 0.900. The molecule has 2 aromatic rings. The third kappa shape index (κ3) is 2.49. The van der Waals surface area contributed by atoms with Crippen molar-refractivity contribution >= 4 is 5.69 Å². The molecule has 0 atom stereocenters. The van der Waals surface area contributed by atoms with E-state index in [1.807, 2.05) is 7.05 Å². The van der Waals surface area contributed by atoms with Crippen molar-refractivity contribution in [3.05, 3.63) is 65.2 Å². The molecule has 1 heterocycles. The number of rotatable bonds is 4. The maximum Gasteiger partial charge on any atom is 0.0429 e. The SMILES string of the molecule is CNCc1cccc2c1CCN2Cc1ccccc1. The van der Waals surface area contributed by atoms with Gasteiger partial charge in [0.25, 0.3) is 0 Å². The minimum atomic E-state index is 0.961. The van der Waals surface area contributed by atoms with Crippen LogP contribution in [0.1, 0.15) is 16.7 Å². The monoisotopic (exact) mass is 252 g/mol. The van der Waals surface area contributed by atoms with Crippen LogP contribution in [0.3, 0.4) is 0 Å². The standard InChI is InChI=1S/C17H20N2/c1-18-12-15-8-5-9-17-16(15)10-11-19(17)13-14-6-3-2-4-7-14/h2-9,18H,10-13H2,1H3. The van der Waals surface area contributed by atoms with E-state index < -0.39 is 0 Å². The molecular weight excluding hydrogens is 232 g/mol. The van der Waals surface area contributed by atoms with Crippen molar-refractivity contribution in [2.75, 3.05) is 18.5 Å². The molecule has 98 valence electrons. The fourth-order valence-electron chi connectivity index (χ4n) is 2.90. The van der Waals surface area contributed by atoms with Crippen LogP contribution in [0.4, 0.5) is 5.69 Å². The van der Waals surface area contributed by atoms with Crippen LogP contribution in [0.25, 0.3) is 0 Å². The molecule has 0 saturated heterocycles. The number of nitrogens with one attached hydrogen (secondary N) is 1. The Hall–Kier alpha value is -1.80. The van der Waals surface area contributed by atoms with Crippen LogP contribution in [0, 0.1) is 0 Å². The zero-order valence-electron chi connectivity index (χ0n) is 11.4. The van der Waals surface area contributed by atoms with Crippen molar-refractivity contribution in [1.29, 1.82) is 0 Å². The van der Waals surface area contributed by atoms with E-state index in [1.54, 1.807) is 0 Å². The second-order valence-electron chi connectivity index (χ2n) is 5.10. The normalized spacial score (nSPS) is 13.6. The summed E-state index contributed by atoms with van der Waals surface area (Å²) in [7, 11) is 2.01. The maximum atomic E-state index is 3.26. The van der Waals surface area contributed by atoms with Crippen molar-refractivity contribution < 1.29 is 0 Å². The van der Waals surface area contributed by atoms with Gasteiger partial charge >= 0.3 is 0 Å². The highest BCUT2D eigenvalue weighted by Crippen LogP contribution is 2.31. The summed E-state index contributed by atoms with van der Waals surface area (Å²) < 4.78 is 0. The molecule has 0 saturated carbocycles. The number of nitrogens with zero attached hydrogens (tertiary/aromatic N) is 1. The second-order valence-corrected chi connectivity index (χ2v) is 5.10. The fourth-order valence-corrected chi connectivity index (χ4v) is 2.90. The van der Waals surface area contributed by atoms with Gasteiger partial charge in [-0.1, -0.05) is 42.5 Å². The summed E-state index contributed by atoms with van der Waals surface area (Å²) in [4.78, 5) is 2.49. The summed E-state index contributed by atoms with van der Waals surface area (Å²) in [6.45, 7) is 3.10. The number of hydrogen-bond acceptors (Lipinski definition) is 2. The number of fused-ring (bicyclic) bond motifs is 1. The highest BCUT2D eigenvalue weighted by Gasteiger charge is 2.20. The van der Waals surface area contributed by atoms with Crippen LogP contribution < -0.4 is 10.2 Å². The number of anilines is 1. The lowest BCUT2D eigenvalue weighted by Gasteiger charge is -2.20. The van der Waals surface area contributed by atoms with Crippen LogP contribution in [-0.2, 0) is 19.5 Å². The van der Waals surface area contributed by atoms with Crippen LogP contribution in [0.15, 0.2) is 48.5 Å². The first kappa shape index (κ1) is 12.2. The average molecular weight is 252 g/mol. The third-order valence-electron chi connectivity index (χ3n) is 3.80. The van der Waals surface area contributed by atoms with Crippen molar-refractivity contribution in [3.63, 3.8) is 0 Å². The van der Waals surface area contributed by atoms with E-state index in [-0.39, 0.29) is 0 Å². The number of hydrogen-bond donors (Lipinski definition) is 1. The lowest BCUT2D eigenvalue weighted by molar-refractivity contribution is 0.805. The van der Waals surface area contributed by atoms with Crippen LogP contribution in [0.2, 0.25) is 0 Å². The molecule has 0 spiro atoms. The fraction of sp³-hybridized carbons (Fsp3) is 0.294. The Morgan fingerprint density at radius 1 is 1.05 bits per heavy atom. The Labute approximate surface area is 115 Å². The molecule has 1 aliphatic heterocycles. The summed E-state index contributed by atoms with van der Waals surface area (Å²) in [5.41, 5.74) is 5.76. The van der Waals surface area contributed by atoms with Gasteiger partial charge in [-0.05, 0) is 36.2 Å². The van der Waals surface area contributed by atoms with Crippen molar-refractivity contribution in [2.24, 2.45) is 0 Å². The van der Waals surface area contributed by atoms with Gasteiger partial charge in [0, 0.05) is 25.3 Å². The summed E-state index contributed by atoms with van der Waals surface area (Å²) in [5.74, 6) is 0. The first-order valence-electron chi connectivity index (χ1n) is 6.92. The van der Waals surface area contributed by atoms with Gasteiger partial charge in [-0.15, -0.1) is 0 Å². The molecule has 0 unspecified atom stereocenters. The van der Waals surface area contributed by atoms with Crippen LogP contribution in [0.5, 0.6) is 0 Å². The summed E-state index contributed by atoms with van der Waals surface area (Å²) in [5, 5.41) is 3.26. The molecule has 2 heteroatoms. The Bertz CT molecular complexity index is 548. The molecule has 1 aliphatic rings. The first-order chi connectivity index (χ1) is 9.38. The van der Waals surface area contributed by atoms with Gasteiger partial charge in [0.15, 0.2) is 0 Å². The first-order valence-corrected chi connectivity index (χ1v) is 6.92.